The van der Waals surface area contributed by atoms with E-state index in [0.717, 1.165) is 24.3 Å². The second-order valence-electron chi connectivity index (χ2n) is 5.18. The molecule has 1 atom stereocenters. The maximum atomic E-state index is 13.5. The van der Waals surface area contributed by atoms with Gasteiger partial charge in [-0.3, -0.25) is 0 Å². The van der Waals surface area contributed by atoms with Crippen molar-refractivity contribution in [2.75, 3.05) is 5.75 Å². The molecule has 0 aromatic heterocycles. The minimum atomic E-state index is -0.144. The van der Waals surface area contributed by atoms with Crippen molar-refractivity contribution in [1.82, 2.24) is 5.32 Å². The third-order valence-electron chi connectivity index (χ3n) is 3.81. The first-order chi connectivity index (χ1) is 9.74. The number of nitrogens with one attached hydrogen (secondary N) is 1. The van der Waals surface area contributed by atoms with Crippen molar-refractivity contribution in [2.24, 2.45) is 0 Å². The van der Waals surface area contributed by atoms with E-state index >= 15 is 0 Å². The fourth-order valence-corrected chi connectivity index (χ4v) is 3.72. The van der Waals surface area contributed by atoms with Crippen molar-refractivity contribution < 1.29 is 4.39 Å². The lowest BCUT2D eigenvalue weighted by molar-refractivity contribution is 0.504. The molecule has 0 aliphatic carbocycles. The number of halogens is 1. The number of rotatable bonds is 3. The van der Waals surface area contributed by atoms with Crippen molar-refractivity contribution in [1.29, 1.82) is 0 Å². The van der Waals surface area contributed by atoms with E-state index in [4.69, 9.17) is 0 Å². The molecule has 0 saturated heterocycles. The van der Waals surface area contributed by atoms with Crippen LogP contribution in [0.3, 0.4) is 0 Å². The number of hydrogen-bond donors (Lipinski definition) is 1. The van der Waals surface area contributed by atoms with Crippen LogP contribution in [0.5, 0.6) is 0 Å². The third kappa shape index (κ3) is 2.89. The number of fused-ring (bicyclic) bond motifs is 1. The van der Waals surface area contributed by atoms with Crippen LogP contribution in [-0.2, 0) is 6.54 Å². The van der Waals surface area contributed by atoms with Gasteiger partial charge in [-0.05, 0) is 54.0 Å². The lowest BCUT2D eigenvalue weighted by atomic mass is 10.0. The summed E-state index contributed by atoms with van der Waals surface area (Å²) in [6.45, 7) is 2.96. The van der Waals surface area contributed by atoms with Crippen molar-refractivity contribution in [3.05, 3.63) is 65.0 Å². The smallest absolute Gasteiger partial charge is 0.123 e. The minimum Gasteiger partial charge on any atom is -0.306 e. The molecule has 2 aromatic carbocycles. The lowest BCUT2D eigenvalue weighted by Gasteiger charge is -2.26. The molecule has 2 aromatic rings. The van der Waals surface area contributed by atoms with E-state index in [1.807, 2.05) is 17.8 Å². The van der Waals surface area contributed by atoms with Gasteiger partial charge in [0.05, 0.1) is 0 Å². The highest BCUT2D eigenvalue weighted by Gasteiger charge is 2.20. The second kappa shape index (κ2) is 5.98. The van der Waals surface area contributed by atoms with E-state index in [0.29, 0.717) is 0 Å². The van der Waals surface area contributed by atoms with Crippen LogP contribution < -0.4 is 5.32 Å². The first-order valence-corrected chi connectivity index (χ1v) is 7.93. The molecule has 0 fully saturated rings. The SMILES string of the molecule is Cc1ccccc1CNC1CCSc2ccc(F)cc21. The Morgan fingerprint density at radius 3 is 2.95 bits per heavy atom. The summed E-state index contributed by atoms with van der Waals surface area (Å²) in [5, 5.41) is 3.58. The maximum absolute atomic E-state index is 13.5. The summed E-state index contributed by atoms with van der Waals surface area (Å²) >= 11 is 1.82. The molecule has 0 radical (unpaired) electrons. The minimum absolute atomic E-state index is 0.144. The molecule has 1 N–H and O–H groups in total. The van der Waals surface area contributed by atoms with Crippen LogP contribution in [0.2, 0.25) is 0 Å². The van der Waals surface area contributed by atoms with Crippen LogP contribution in [0.4, 0.5) is 4.39 Å². The summed E-state index contributed by atoms with van der Waals surface area (Å²) in [6, 6.07) is 13.8. The molecule has 0 spiro atoms. The summed E-state index contributed by atoms with van der Waals surface area (Å²) in [4.78, 5) is 1.21. The molecule has 1 aliphatic rings. The maximum Gasteiger partial charge on any atom is 0.123 e. The molecule has 3 rings (SSSR count). The molecule has 1 unspecified atom stereocenters. The Morgan fingerprint density at radius 1 is 1.25 bits per heavy atom. The van der Waals surface area contributed by atoms with E-state index in [2.05, 4.69) is 36.5 Å². The van der Waals surface area contributed by atoms with Gasteiger partial charge in [0.15, 0.2) is 0 Å². The summed E-state index contributed by atoms with van der Waals surface area (Å²) in [7, 11) is 0. The Kier molecular flexibility index (Phi) is 4.08. The number of hydrogen-bond acceptors (Lipinski definition) is 2. The largest absolute Gasteiger partial charge is 0.306 e. The normalized spacial score (nSPS) is 17.8. The van der Waals surface area contributed by atoms with Gasteiger partial charge in [-0.25, -0.2) is 4.39 Å². The van der Waals surface area contributed by atoms with Crippen molar-refractivity contribution >= 4 is 11.8 Å². The van der Waals surface area contributed by atoms with Gasteiger partial charge in [0.1, 0.15) is 5.82 Å². The fourth-order valence-electron chi connectivity index (χ4n) is 2.62. The highest BCUT2D eigenvalue weighted by Crippen LogP contribution is 2.36. The summed E-state index contributed by atoms with van der Waals surface area (Å²) in [5.41, 5.74) is 3.71. The number of benzene rings is 2. The summed E-state index contributed by atoms with van der Waals surface area (Å²) in [5.74, 6) is 0.943. The quantitative estimate of drug-likeness (QED) is 0.894. The Labute approximate surface area is 123 Å². The average Bonchev–Trinajstić information content (AvgIpc) is 2.46. The molecule has 1 aliphatic heterocycles. The van der Waals surface area contributed by atoms with Gasteiger partial charge in [-0.15, -0.1) is 11.8 Å². The monoisotopic (exact) mass is 287 g/mol. The standard InChI is InChI=1S/C17H18FNS/c1-12-4-2-3-5-13(12)11-19-16-8-9-20-17-7-6-14(18)10-15(16)17/h2-7,10,16,19H,8-9,11H2,1H3. The molecule has 3 heteroatoms. The fraction of sp³-hybridized carbons (Fsp3) is 0.294. The first-order valence-electron chi connectivity index (χ1n) is 6.94. The second-order valence-corrected chi connectivity index (χ2v) is 6.32. The Morgan fingerprint density at radius 2 is 2.10 bits per heavy atom. The predicted molar refractivity (Wildman–Crippen MR) is 82.5 cm³/mol. The highest BCUT2D eigenvalue weighted by atomic mass is 32.2. The van der Waals surface area contributed by atoms with Crippen molar-refractivity contribution in [2.45, 2.75) is 30.8 Å². The van der Waals surface area contributed by atoms with Crippen LogP contribution >= 0.6 is 11.8 Å². The van der Waals surface area contributed by atoms with E-state index in [9.17, 15) is 4.39 Å². The van der Waals surface area contributed by atoms with E-state index in [1.54, 1.807) is 12.1 Å². The lowest BCUT2D eigenvalue weighted by Crippen LogP contribution is -2.24. The van der Waals surface area contributed by atoms with E-state index < -0.39 is 0 Å². The topological polar surface area (TPSA) is 12.0 Å². The van der Waals surface area contributed by atoms with Crippen LogP contribution in [0.15, 0.2) is 47.4 Å². The van der Waals surface area contributed by atoms with Gasteiger partial charge in [0.25, 0.3) is 0 Å². The molecular weight excluding hydrogens is 269 g/mol. The molecule has 1 heterocycles. The van der Waals surface area contributed by atoms with Gasteiger partial charge < -0.3 is 5.32 Å². The summed E-state index contributed by atoms with van der Waals surface area (Å²) in [6.07, 6.45) is 1.05. The Balaban J connectivity index is 1.77. The zero-order chi connectivity index (χ0) is 13.9. The molecular formula is C17H18FNS. The molecule has 1 nitrogen and oxygen atoms in total. The predicted octanol–water partition coefficient (Wildman–Crippen LogP) is 4.46. The first kappa shape index (κ1) is 13.7. The van der Waals surface area contributed by atoms with Crippen molar-refractivity contribution in [3.63, 3.8) is 0 Å². The van der Waals surface area contributed by atoms with Crippen molar-refractivity contribution in [3.8, 4) is 0 Å². The number of thioether (sulfide) groups is 1. The molecule has 0 saturated carbocycles. The van der Waals surface area contributed by atoms with Gasteiger partial charge in [-0.1, -0.05) is 24.3 Å². The molecule has 20 heavy (non-hydrogen) atoms. The number of aryl methyl sites for hydroxylation is 1. The Bertz CT molecular complexity index is 612. The van der Waals surface area contributed by atoms with E-state index in [-0.39, 0.29) is 11.9 Å². The van der Waals surface area contributed by atoms with Crippen LogP contribution in [0.1, 0.15) is 29.2 Å². The van der Waals surface area contributed by atoms with Gasteiger partial charge >= 0.3 is 0 Å². The average molecular weight is 287 g/mol. The zero-order valence-electron chi connectivity index (χ0n) is 11.5. The van der Waals surface area contributed by atoms with Gasteiger partial charge in [-0.2, -0.15) is 0 Å². The highest BCUT2D eigenvalue weighted by molar-refractivity contribution is 7.99. The van der Waals surface area contributed by atoms with Crippen LogP contribution in [0, 0.1) is 12.7 Å². The molecule has 0 bridgehead atoms. The third-order valence-corrected chi connectivity index (χ3v) is 4.93. The molecule has 104 valence electrons. The zero-order valence-corrected chi connectivity index (χ0v) is 12.3. The van der Waals surface area contributed by atoms with Gasteiger partial charge in [0, 0.05) is 17.5 Å². The van der Waals surface area contributed by atoms with Crippen LogP contribution in [-0.4, -0.2) is 5.75 Å². The van der Waals surface area contributed by atoms with Crippen LogP contribution in [0.25, 0.3) is 0 Å². The Hall–Kier alpha value is -1.32. The van der Waals surface area contributed by atoms with E-state index in [1.165, 1.54) is 16.0 Å². The summed E-state index contributed by atoms with van der Waals surface area (Å²) < 4.78 is 13.5. The van der Waals surface area contributed by atoms with Gasteiger partial charge in [0.2, 0.25) is 0 Å². The molecule has 0 amide bonds.